The second kappa shape index (κ2) is 7.62. The molecule has 0 unspecified atom stereocenters. The molecular formula is C14H28N4. The molecular weight excluding hydrogens is 224 g/mol. The molecule has 2 aliphatic rings. The van der Waals surface area contributed by atoms with E-state index in [1.54, 1.807) is 0 Å². The Morgan fingerprint density at radius 3 is 2.00 bits per heavy atom. The lowest BCUT2D eigenvalue weighted by Crippen LogP contribution is -2.47. The summed E-state index contributed by atoms with van der Waals surface area (Å²) in [5, 5.41) is 3.49. The zero-order chi connectivity index (χ0) is 12.6. The minimum absolute atomic E-state index is 0.467. The van der Waals surface area contributed by atoms with Gasteiger partial charge in [0, 0.05) is 6.04 Å². The van der Waals surface area contributed by atoms with Crippen molar-refractivity contribution in [1.29, 1.82) is 0 Å². The Kier molecular flexibility index (Phi) is 5.78. The van der Waals surface area contributed by atoms with Crippen LogP contribution < -0.4 is 16.6 Å². The van der Waals surface area contributed by atoms with Crippen molar-refractivity contribution in [2.45, 2.75) is 82.7 Å². The molecule has 0 bridgehead atoms. The first-order valence-corrected chi connectivity index (χ1v) is 7.69. The molecule has 0 amide bonds. The van der Waals surface area contributed by atoms with Crippen LogP contribution in [-0.4, -0.2) is 18.0 Å². The van der Waals surface area contributed by atoms with Crippen LogP contribution in [0.4, 0.5) is 0 Å². The lowest BCUT2D eigenvalue weighted by molar-refractivity contribution is 0.409. The van der Waals surface area contributed by atoms with Crippen molar-refractivity contribution in [1.82, 2.24) is 10.7 Å². The third kappa shape index (κ3) is 4.48. The fourth-order valence-electron chi connectivity index (χ4n) is 3.13. The van der Waals surface area contributed by atoms with Crippen molar-refractivity contribution in [3.05, 3.63) is 0 Å². The predicted molar refractivity (Wildman–Crippen MR) is 76.3 cm³/mol. The van der Waals surface area contributed by atoms with E-state index in [0.29, 0.717) is 12.1 Å². The summed E-state index contributed by atoms with van der Waals surface area (Å²) in [4.78, 5) is 4.78. The van der Waals surface area contributed by atoms with E-state index in [-0.39, 0.29) is 0 Å². The molecule has 0 aliphatic heterocycles. The molecule has 4 heteroatoms. The minimum atomic E-state index is 0.467. The Balaban J connectivity index is 1.85. The van der Waals surface area contributed by atoms with Crippen LogP contribution in [0.1, 0.15) is 70.6 Å². The average Bonchev–Trinajstić information content (AvgIpc) is 2.68. The van der Waals surface area contributed by atoms with E-state index in [0.717, 1.165) is 5.96 Å². The van der Waals surface area contributed by atoms with Crippen LogP contribution in [0.3, 0.4) is 0 Å². The summed E-state index contributed by atoms with van der Waals surface area (Å²) in [6.07, 6.45) is 14.4. The fourth-order valence-corrected chi connectivity index (χ4v) is 3.13. The molecule has 0 aromatic heterocycles. The van der Waals surface area contributed by atoms with Gasteiger partial charge < -0.3 is 5.32 Å². The average molecular weight is 252 g/mol. The Labute approximate surface area is 111 Å². The maximum Gasteiger partial charge on any atom is 0.206 e. The van der Waals surface area contributed by atoms with Crippen LogP contribution in [0.15, 0.2) is 4.99 Å². The highest BCUT2D eigenvalue weighted by molar-refractivity contribution is 5.79. The van der Waals surface area contributed by atoms with Crippen LogP contribution >= 0.6 is 0 Å². The second-order valence-corrected chi connectivity index (χ2v) is 5.75. The summed E-state index contributed by atoms with van der Waals surface area (Å²) in [5.41, 5.74) is 2.76. The molecule has 4 N–H and O–H groups in total. The Morgan fingerprint density at radius 2 is 1.39 bits per heavy atom. The third-order valence-corrected chi connectivity index (χ3v) is 4.22. The summed E-state index contributed by atoms with van der Waals surface area (Å²) in [5.74, 6) is 6.42. The van der Waals surface area contributed by atoms with Gasteiger partial charge in [-0.25, -0.2) is 10.8 Å². The standard InChI is InChI=1S/C14H28N4/c15-18-14(17-13-10-6-3-7-11-13)16-12-8-4-1-2-5-9-12/h12-13H,1-11,15H2,(H2,16,17,18). The summed E-state index contributed by atoms with van der Waals surface area (Å²) >= 11 is 0. The number of nitrogens with zero attached hydrogens (tertiary/aromatic N) is 1. The molecule has 0 radical (unpaired) electrons. The second-order valence-electron chi connectivity index (χ2n) is 5.75. The Morgan fingerprint density at radius 1 is 0.833 bits per heavy atom. The highest BCUT2D eigenvalue weighted by atomic mass is 15.3. The number of aliphatic imine (C=N–C) groups is 1. The first-order chi connectivity index (χ1) is 8.88. The molecule has 4 nitrogen and oxygen atoms in total. The lowest BCUT2D eigenvalue weighted by Gasteiger charge is -2.25. The quantitative estimate of drug-likeness (QED) is 0.232. The molecule has 0 spiro atoms. The SMILES string of the molecule is NNC(=NC1CCCCCC1)NC1CCCCC1. The molecule has 0 aromatic rings. The van der Waals surface area contributed by atoms with Crippen LogP contribution in [-0.2, 0) is 0 Å². The first-order valence-electron chi connectivity index (χ1n) is 7.69. The van der Waals surface area contributed by atoms with E-state index < -0.39 is 0 Å². The number of nitrogens with one attached hydrogen (secondary N) is 2. The maximum absolute atomic E-state index is 5.60. The number of rotatable bonds is 2. The summed E-state index contributed by atoms with van der Waals surface area (Å²) in [6, 6.07) is 1.04. The highest BCUT2D eigenvalue weighted by Gasteiger charge is 2.16. The summed E-state index contributed by atoms with van der Waals surface area (Å²) in [6.45, 7) is 0. The van der Waals surface area contributed by atoms with E-state index in [4.69, 9.17) is 10.8 Å². The molecule has 2 fully saturated rings. The Hall–Kier alpha value is -0.770. The van der Waals surface area contributed by atoms with Crippen LogP contribution in [0.5, 0.6) is 0 Å². The van der Waals surface area contributed by atoms with E-state index in [1.807, 2.05) is 0 Å². The van der Waals surface area contributed by atoms with Gasteiger partial charge in [-0.05, 0) is 25.7 Å². The highest BCUT2D eigenvalue weighted by Crippen LogP contribution is 2.20. The van der Waals surface area contributed by atoms with Gasteiger partial charge in [0.1, 0.15) is 0 Å². The smallest absolute Gasteiger partial charge is 0.206 e. The van der Waals surface area contributed by atoms with Crippen molar-refractivity contribution in [2.75, 3.05) is 0 Å². The van der Waals surface area contributed by atoms with E-state index in [9.17, 15) is 0 Å². The number of hydrogen-bond acceptors (Lipinski definition) is 2. The van der Waals surface area contributed by atoms with Crippen LogP contribution in [0.25, 0.3) is 0 Å². The molecule has 2 saturated carbocycles. The van der Waals surface area contributed by atoms with Crippen LogP contribution in [0, 0.1) is 0 Å². The van der Waals surface area contributed by atoms with Crippen molar-refractivity contribution < 1.29 is 0 Å². The number of hydrazine groups is 1. The number of hydrogen-bond donors (Lipinski definition) is 3. The molecule has 104 valence electrons. The largest absolute Gasteiger partial charge is 0.353 e. The van der Waals surface area contributed by atoms with Crippen LogP contribution in [0.2, 0.25) is 0 Å². The molecule has 2 rings (SSSR count). The monoisotopic (exact) mass is 252 g/mol. The van der Waals surface area contributed by atoms with Gasteiger partial charge in [-0.2, -0.15) is 0 Å². The van der Waals surface area contributed by atoms with E-state index >= 15 is 0 Å². The fraction of sp³-hybridized carbons (Fsp3) is 0.929. The first kappa shape index (κ1) is 13.7. The zero-order valence-electron chi connectivity index (χ0n) is 11.5. The van der Waals surface area contributed by atoms with Gasteiger partial charge in [0.15, 0.2) is 0 Å². The van der Waals surface area contributed by atoms with Crippen molar-refractivity contribution in [3.63, 3.8) is 0 Å². The lowest BCUT2D eigenvalue weighted by atomic mass is 9.96. The van der Waals surface area contributed by atoms with Crippen molar-refractivity contribution in [2.24, 2.45) is 10.8 Å². The zero-order valence-corrected chi connectivity index (χ0v) is 11.5. The maximum atomic E-state index is 5.60. The van der Waals surface area contributed by atoms with Gasteiger partial charge >= 0.3 is 0 Å². The summed E-state index contributed by atoms with van der Waals surface area (Å²) in [7, 11) is 0. The molecule has 2 aliphatic carbocycles. The van der Waals surface area contributed by atoms with Gasteiger partial charge in [0.2, 0.25) is 5.96 Å². The molecule has 18 heavy (non-hydrogen) atoms. The van der Waals surface area contributed by atoms with Gasteiger partial charge in [0.05, 0.1) is 6.04 Å². The van der Waals surface area contributed by atoms with Gasteiger partial charge in [-0.1, -0.05) is 44.9 Å². The van der Waals surface area contributed by atoms with Gasteiger partial charge in [0.25, 0.3) is 0 Å². The van der Waals surface area contributed by atoms with E-state index in [1.165, 1.54) is 70.6 Å². The third-order valence-electron chi connectivity index (χ3n) is 4.22. The number of nitrogens with two attached hydrogens (primary N) is 1. The molecule has 0 heterocycles. The summed E-state index contributed by atoms with van der Waals surface area (Å²) < 4.78 is 0. The van der Waals surface area contributed by atoms with Crippen molar-refractivity contribution in [3.8, 4) is 0 Å². The minimum Gasteiger partial charge on any atom is -0.353 e. The number of guanidine groups is 1. The Bertz CT molecular complexity index is 251. The van der Waals surface area contributed by atoms with Gasteiger partial charge in [-0.3, -0.25) is 5.43 Å². The molecule has 0 atom stereocenters. The van der Waals surface area contributed by atoms with E-state index in [2.05, 4.69) is 10.7 Å². The molecule has 0 aromatic carbocycles. The topological polar surface area (TPSA) is 62.4 Å². The van der Waals surface area contributed by atoms with Crippen molar-refractivity contribution >= 4 is 5.96 Å². The van der Waals surface area contributed by atoms with Gasteiger partial charge in [-0.15, -0.1) is 0 Å². The molecule has 0 saturated heterocycles. The predicted octanol–water partition coefficient (Wildman–Crippen LogP) is 2.45. The normalized spacial score (nSPS) is 24.6.